The molecule has 0 aromatic carbocycles. The number of nitrogens with one attached hydrogen (secondary N) is 1. The Balaban J connectivity index is 1.80. The van der Waals surface area contributed by atoms with Crippen molar-refractivity contribution in [2.24, 2.45) is 0 Å². The molecule has 5 heteroatoms. The zero-order valence-corrected chi connectivity index (χ0v) is 12.0. The molecular weight excluding hydrogens is 262 g/mol. The van der Waals surface area contributed by atoms with Gasteiger partial charge in [0.05, 0.1) is 5.02 Å². The van der Waals surface area contributed by atoms with Gasteiger partial charge in [0, 0.05) is 31.7 Å². The lowest BCUT2D eigenvalue weighted by Crippen LogP contribution is -2.37. The van der Waals surface area contributed by atoms with E-state index in [2.05, 4.69) is 17.2 Å². The highest BCUT2D eigenvalue weighted by atomic mass is 35.5. The van der Waals surface area contributed by atoms with Gasteiger partial charge in [-0.05, 0) is 31.4 Å². The number of carbonyl (C=O) groups excluding carboxylic acids is 1. The van der Waals surface area contributed by atoms with E-state index in [9.17, 15) is 4.79 Å². The van der Waals surface area contributed by atoms with E-state index in [1.54, 1.807) is 6.20 Å². The average Bonchev–Trinajstić information content (AvgIpc) is 2.83. The second kappa shape index (κ2) is 6.75. The first-order valence-corrected chi connectivity index (χ1v) is 7.23. The van der Waals surface area contributed by atoms with Crippen LogP contribution in [0.3, 0.4) is 0 Å². The van der Waals surface area contributed by atoms with Gasteiger partial charge in [-0.3, -0.25) is 4.79 Å². The predicted molar refractivity (Wildman–Crippen MR) is 77.4 cm³/mol. The van der Waals surface area contributed by atoms with Gasteiger partial charge in [-0.1, -0.05) is 18.5 Å². The quantitative estimate of drug-likeness (QED) is 0.872. The lowest BCUT2D eigenvalue weighted by atomic mass is 10.1. The first kappa shape index (κ1) is 14.1. The second-order valence-electron chi connectivity index (χ2n) is 4.83. The first-order chi connectivity index (χ1) is 9.20. The van der Waals surface area contributed by atoms with Crippen LogP contribution in [0.5, 0.6) is 0 Å². The molecule has 1 amide bonds. The topological polar surface area (TPSA) is 45.2 Å². The molecule has 1 atom stereocenters. The molecule has 1 unspecified atom stereocenters. The average molecular weight is 282 g/mol. The minimum Gasteiger partial charge on any atom is -0.370 e. The standard InChI is InChI=1S/C14H20ClN3O/c1-2-12(18-9-3-4-14(18)19)7-8-16-13-6-5-11(15)10-17-13/h5-6,10,12H,2-4,7-9H2,1H3,(H,16,17). The van der Waals surface area contributed by atoms with Crippen LogP contribution < -0.4 is 5.32 Å². The summed E-state index contributed by atoms with van der Waals surface area (Å²) < 4.78 is 0. The van der Waals surface area contributed by atoms with E-state index in [1.165, 1.54) is 0 Å². The van der Waals surface area contributed by atoms with E-state index in [0.717, 1.165) is 38.2 Å². The minimum atomic E-state index is 0.302. The number of pyridine rings is 1. The molecule has 1 fully saturated rings. The summed E-state index contributed by atoms with van der Waals surface area (Å²) in [6, 6.07) is 4.03. The predicted octanol–water partition coefficient (Wildman–Crippen LogP) is 2.94. The summed E-state index contributed by atoms with van der Waals surface area (Å²) in [6.07, 6.45) is 5.30. The molecule has 19 heavy (non-hydrogen) atoms. The highest BCUT2D eigenvalue weighted by molar-refractivity contribution is 6.30. The third kappa shape index (κ3) is 3.83. The number of amides is 1. The molecular formula is C14H20ClN3O. The number of aromatic nitrogens is 1. The molecule has 0 radical (unpaired) electrons. The maximum atomic E-state index is 11.7. The molecule has 4 nitrogen and oxygen atoms in total. The molecule has 1 aliphatic heterocycles. The Morgan fingerprint density at radius 3 is 2.95 bits per heavy atom. The molecule has 1 N–H and O–H groups in total. The third-order valence-electron chi connectivity index (χ3n) is 3.53. The number of nitrogens with zero attached hydrogens (tertiary/aromatic N) is 2. The highest BCUT2D eigenvalue weighted by Gasteiger charge is 2.26. The van der Waals surface area contributed by atoms with Crippen molar-refractivity contribution in [3.63, 3.8) is 0 Å². The molecule has 0 aliphatic carbocycles. The Kier molecular flexibility index (Phi) is 5.02. The number of likely N-dealkylation sites (tertiary alicyclic amines) is 1. The van der Waals surface area contributed by atoms with E-state index >= 15 is 0 Å². The fraction of sp³-hybridized carbons (Fsp3) is 0.571. The van der Waals surface area contributed by atoms with Crippen molar-refractivity contribution in [1.29, 1.82) is 0 Å². The SMILES string of the molecule is CCC(CCNc1ccc(Cl)cn1)N1CCCC1=O. The van der Waals surface area contributed by atoms with Crippen molar-refractivity contribution in [3.05, 3.63) is 23.4 Å². The Morgan fingerprint density at radius 1 is 1.53 bits per heavy atom. The van der Waals surface area contributed by atoms with E-state index in [4.69, 9.17) is 11.6 Å². The Bertz CT molecular complexity index is 421. The molecule has 2 rings (SSSR count). The lowest BCUT2D eigenvalue weighted by molar-refractivity contribution is -0.129. The van der Waals surface area contributed by atoms with Crippen molar-refractivity contribution < 1.29 is 4.79 Å². The maximum Gasteiger partial charge on any atom is 0.222 e. The van der Waals surface area contributed by atoms with Crippen molar-refractivity contribution in [3.8, 4) is 0 Å². The Labute approximate surface area is 119 Å². The van der Waals surface area contributed by atoms with Crippen LogP contribution in [-0.2, 0) is 4.79 Å². The summed E-state index contributed by atoms with van der Waals surface area (Å²) in [4.78, 5) is 17.9. The Morgan fingerprint density at radius 2 is 2.37 bits per heavy atom. The van der Waals surface area contributed by atoms with Crippen molar-refractivity contribution in [2.45, 2.75) is 38.6 Å². The minimum absolute atomic E-state index is 0.302. The van der Waals surface area contributed by atoms with E-state index in [0.29, 0.717) is 23.4 Å². The summed E-state index contributed by atoms with van der Waals surface area (Å²) >= 11 is 5.79. The van der Waals surface area contributed by atoms with Crippen LogP contribution >= 0.6 is 11.6 Å². The zero-order valence-electron chi connectivity index (χ0n) is 11.2. The third-order valence-corrected chi connectivity index (χ3v) is 3.76. The summed E-state index contributed by atoms with van der Waals surface area (Å²) in [5.41, 5.74) is 0. The zero-order chi connectivity index (χ0) is 13.7. The van der Waals surface area contributed by atoms with Crippen LogP contribution in [-0.4, -0.2) is 34.9 Å². The summed E-state index contributed by atoms with van der Waals surface area (Å²) in [7, 11) is 0. The molecule has 2 heterocycles. The number of rotatable bonds is 6. The summed E-state index contributed by atoms with van der Waals surface area (Å²) in [5, 5.41) is 3.91. The van der Waals surface area contributed by atoms with Crippen molar-refractivity contribution in [2.75, 3.05) is 18.4 Å². The fourth-order valence-electron chi connectivity index (χ4n) is 2.48. The van der Waals surface area contributed by atoms with Gasteiger partial charge in [0.1, 0.15) is 5.82 Å². The Hall–Kier alpha value is -1.29. The van der Waals surface area contributed by atoms with Gasteiger partial charge in [0.2, 0.25) is 5.91 Å². The number of anilines is 1. The van der Waals surface area contributed by atoms with Gasteiger partial charge in [-0.15, -0.1) is 0 Å². The molecule has 1 aromatic rings. The van der Waals surface area contributed by atoms with E-state index in [1.807, 2.05) is 17.0 Å². The van der Waals surface area contributed by atoms with Crippen LogP contribution in [0.25, 0.3) is 0 Å². The smallest absolute Gasteiger partial charge is 0.222 e. The van der Waals surface area contributed by atoms with Gasteiger partial charge < -0.3 is 10.2 Å². The molecule has 0 spiro atoms. The van der Waals surface area contributed by atoms with Gasteiger partial charge >= 0.3 is 0 Å². The summed E-state index contributed by atoms with van der Waals surface area (Å²) in [6.45, 7) is 3.87. The number of hydrogen-bond donors (Lipinski definition) is 1. The second-order valence-corrected chi connectivity index (χ2v) is 5.27. The van der Waals surface area contributed by atoms with Crippen molar-refractivity contribution in [1.82, 2.24) is 9.88 Å². The summed E-state index contributed by atoms with van der Waals surface area (Å²) in [5.74, 6) is 1.13. The number of halogens is 1. The molecule has 104 valence electrons. The van der Waals surface area contributed by atoms with E-state index in [-0.39, 0.29) is 0 Å². The van der Waals surface area contributed by atoms with Crippen LogP contribution in [0.4, 0.5) is 5.82 Å². The largest absolute Gasteiger partial charge is 0.370 e. The van der Waals surface area contributed by atoms with Gasteiger partial charge in [0.25, 0.3) is 0 Å². The monoisotopic (exact) mass is 281 g/mol. The molecule has 1 aromatic heterocycles. The van der Waals surface area contributed by atoms with Crippen LogP contribution in [0.2, 0.25) is 5.02 Å². The van der Waals surface area contributed by atoms with Crippen LogP contribution in [0.1, 0.15) is 32.6 Å². The van der Waals surface area contributed by atoms with Gasteiger partial charge in [0.15, 0.2) is 0 Å². The van der Waals surface area contributed by atoms with Gasteiger partial charge in [-0.25, -0.2) is 4.98 Å². The lowest BCUT2D eigenvalue weighted by Gasteiger charge is -2.27. The fourth-order valence-corrected chi connectivity index (χ4v) is 2.59. The molecule has 0 saturated carbocycles. The first-order valence-electron chi connectivity index (χ1n) is 6.85. The normalized spacial score (nSPS) is 16.7. The number of hydrogen-bond acceptors (Lipinski definition) is 3. The van der Waals surface area contributed by atoms with Crippen LogP contribution in [0, 0.1) is 0 Å². The van der Waals surface area contributed by atoms with Crippen LogP contribution in [0.15, 0.2) is 18.3 Å². The highest BCUT2D eigenvalue weighted by Crippen LogP contribution is 2.18. The molecule has 0 bridgehead atoms. The van der Waals surface area contributed by atoms with Gasteiger partial charge in [-0.2, -0.15) is 0 Å². The van der Waals surface area contributed by atoms with Crippen molar-refractivity contribution >= 4 is 23.3 Å². The number of carbonyl (C=O) groups is 1. The molecule has 1 saturated heterocycles. The van der Waals surface area contributed by atoms with E-state index < -0.39 is 0 Å². The maximum absolute atomic E-state index is 11.7. The molecule has 1 aliphatic rings.